The lowest BCUT2D eigenvalue weighted by Crippen LogP contribution is -2.26. The molecular formula is C25H25N7O4S. The van der Waals surface area contributed by atoms with E-state index >= 15 is 0 Å². The summed E-state index contributed by atoms with van der Waals surface area (Å²) in [6.45, 7) is 0.300. The van der Waals surface area contributed by atoms with E-state index in [2.05, 4.69) is 30.6 Å². The number of nitrogens with zero attached hydrogens (tertiary/aromatic N) is 2. The molecule has 5 rings (SSSR count). The Balaban J connectivity index is 1.39. The molecule has 1 aromatic carbocycles. The number of carbonyl (C=O) groups is 2. The molecule has 0 spiro atoms. The van der Waals surface area contributed by atoms with Gasteiger partial charge in [0, 0.05) is 34.6 Å². The lowest BCUT2D eigenvalue weighted by atomic mass is 9.93. The van der Waals surface area contributed by atoms with Crippen LogP contribution in [0.1, 0.15) is 18.4 Å². The van der Waals surface area contributed by atoms with E-state index in [1.54, 1.807) is 18.5 Å². The molecule has 6 N–H and O–H groups in total. The first-order chi connectivity index (χ1) is 17.7. The van der Waals surface area contributed by atoms with Crippen LogP contribution < -0.4 is 26.4 Å². The van der Waals surface area contributed by atoms with Gasteiger partial charge in [0.25, 0.3) is 5.91 Å². The molecule has 3 aromatic rings. The zero-order valence-corrected chi connectivity index (χ0v) is 20.7. The van der Waals surface area contributed by atoms with Crippen molar-refractivity contribution in [3.63, 3.8) is 0 Å². The van der Waals surface area contributed by atoms with E-state index < -0.39 is 15.9 Å². The molecule has 1 aliphatic heterocycles. The number of nitrogens with two attached hydrogens (primary N) is 1. The SMILES string of the molecule is CS(=O)(=O)Nc1ccc(NC(=O)C2=C(N)CNc3ccc(-c4cncc(NC(=O)C5CC5)c4)cc32)cn1. The molecular weight excluding hydrogens is 494 g/mol. The fourth-order valence-electron chi connectivity index (χ4n) is 3.97. The summed E-state index contributed by atoms with van der Waals surface area (Å²) in [5.74, 6) is -0.209. The Morgan fingerprint density at radius 1 is 1.00 bits per heavy atom. The van der Waals surface area contributed by atoms with Crippen LogP contribution in [0.4, 0.5) is 22.9 Å². The maximum atomic E-state index is 13.3. The van der Waals surface area contributed by atoms with Gasteiger partial charge in [0.05, 0.1) is 42.1 Å². The van der Waals surface area contributed by atoms with E-state index in [0.717, 1.165) is 35.9 Å². The quantitative estimate of drug-likeness (QED) is 0.317. The molecule has 0 radical (unpaired) electrons. The number of hydrogen-bond donors (Lipinski definition) is 5. The van der Waals surface area contributed by atoms with Gasteiger partial charge in [-0.3, -0.25) is 19.3 Å². The number of hydrogen-bond acceptors (Lipinski definition) is 8. The molecule has 190 valence electrons. The zero-order valence-electron chi connectivity index (χ0n) is 19.9. The highest BCUT2D eigenvalue weighted by molar-refractivity contribution is 7.92. The molecule has 1 saturated carbocycles. The second-order valence-corrected chi connectivity index (χ2v) is 10.7. The Hall–Kier alpha value is -4.45. The van der Waals surface area contributed by atoms with Crippen molar-refractivity contribution in [2.24, 2.45) is 11.7 Å². The summed E-state index contributed by atoms with van der Waals surface area (Å²) in [7, 11) is -3.46. The number of benzene rings is 1. The molecule has 0 saturated heterocycles. The zero-order chi connectivity index (χ0) is 26.2. The topological polar surface area (TPSA) is 168 Å². The van der Waals surface area contributed by atoms with Crippen LogP contribution in [-0.4, -0.2) is 43.0 Å². The Labute approximate surface area is 213 Å². The lowest BCUT2D eigenvalue weighted by molar-refractivity contribution is -0.117. The Morgan fingerprint density at radius 2 is 1.81 bits per heavy atom. The fraction of sp³-hybridized carbons (Fsp3) is 0.200. The van der Waals surface area contributed by atoms with E-state index in [1.807, 2.05) is 24.3 Å². The summed E-state index contributed by atoms with van der Waals surface area (Å²) in [5.41, 5.74) is 10.9. The molecule has 0 atom stereocenters. The Kier molecular flexibility index (Phi) is 6.25. The van der Waals surface area contributed by atoms with Crippen LogP contribution >= 0.6 is 0 Å². The summed E-state index contributed by atoms with van der Waals surface area (Å²) >= 11 is 0. The number of rotatable bonds is 7. The van der Waals surface area contributed by atoms with Crippen LogP contribution in [-0.2, 0) is 19.6 Å². The van der Waals surface area contributed by atoms with Crippen LogP contribution in [0.2, 0.25) is 0 Å². The fourth-order valence-corrected chi connectivity index (χ4v) is 4.47. The predicted molar refractivity (Wildman–Crippen MR) is 142 cm³/mol. The Bertz CT molecular complexity index is 1530. The van der Waals surface area contributed by atoms with Gasteiger partial charge in [-0.2, -0.15) is 0 Å². The second kappa shape index (κ2) is 9.54. The van der Waals surface area contributed by atoms with Gasteiger partial charge in [-0.15, -0.1) is 0 Å². The maximum Gasteiger partial charge on any atom is 0.258 e. The number of pyridine rings is 2. The van der Waals surface area contributed by atoms with Crippen molar-refractivity contribution in [2.45, 2.75) is 12.8 Å². The first-order valence-corrected chi connectivity index (χ1v) is 13.4. The minimum absolute atomic E-state index is 0.00197. The third-order valence-electron chi connectivity index (χ3n) is 5.90. The minimum atomic E-state index is -3.46. The van der Waals surface area contributed by atoms with E-state index in [-0.39, 0.29) is 17.6 Å². The summed E-state index contributed by atoms with van der Waals surface area (Å²) in [4.78, 5) is 33.7. The number of aromatic nitrogens is 2. The summed E-state index contributed by atoms with van der Waals surface area (Å²) in [6.07, 6.45) is 7.49. The standard InChI is InChI=1S/C25H25N7O4S/c1-37(35,36)32-22-7-5-17(12-29-22)30-25(34)23-19-9-15(4-6-21(19)28-13-20(23)26)16-8-18(11-27-10-16)31-24(33)14-2-3-14/h4-12,14,28H,2-3,13,26H2,1H3,(H,29,32)(H,30,34)(H,31,33). The molecule has 1 fully saturated rings. The van der Waals surface area contributed by atoms with Crippen LogP contribution in [0, 0.1) is 5.92 Å². The number of sulfonamides is 1. The van der Waals surface area contributed by atoms with Gasteiger partial charge in [-0.1, -0.05) is 6.07 Å². The van der Waals surface area contributed by atoms with Gasteiger partial charge in [0.2, 0.25) is 15.9 Å². The van der Waals surface area contributed by atoms with Crippen LogP contribution in [0.25, 0.3) is 16.7 Å². The van der Waals surface area contributed by atoms with Gasteiger partial charge in [-0.25, -0.2) is 13.4 Å². The highest BCUT2D eigenvalue weighted by Crippen LogP contribution is 2.35. The van der Waals surface area contributed by atoms with Crippen molar-refractivity contribution >= 4 is 50.3 Å². The highest BCUT2D eigenvalue weighted by atomic mass is 32.2. The molecule has 0 bridgehead atoms. The van der Waals surface area contributed by atoms with Crippen molar-refractivity contribution in [2.75, 3.05) is 33.5 Å². The number of fused-ring (bicyclic) bond motifs is 1. The smallest absolute Gasteiger partial charge is 0.258 e. The Morgan fingerprint density at radius 3 is 2.51 bits per heavy atom. The maximum absolute atomic E-state index is 13.3. The van der Waals surface area contributed by atoms with Crippen molar-refractivity contribution < 1.29 is 18.0 Å². The summed E-state index contributed by atoms with van der Waals surface area (Å²) in [5, 5.41) is 8.89. The van der Waals surface area contributed by atoms with Crippen LogP contribution in [0.15, 0.2) is 60.7 Å². The predicted octanol–water partition coefficient (Wildman–Crippen LogP) is 2.60. The van der Waals surface area contributed by atoms with Crippen molar-refractivity contribution in [1.82, 2.24) is 9.97 Å². The molecule has 12 heteroatoms. The molecule has 2 amide bonds. The van der Waals surface area contributed by atoms with Gasteiger partial charge >= 0.3 is 0 Å². The van der Waals surface area contributed by atoms with Crippen molar-refractivity contribution in [3.8, 4) is 11.1 Å². The van der Waals surface area contributed by atoms with Gasteiger partial charge in [0.1, 0.15) is 5.82 Å². The van der Waals surface area contributed by atoms with Gasteiger partial charge in [-0.05, 0) is 48.7 Å². The number of amides is 2. The monoisotopic (exact) mass is 519 g/mol. The van der Waals surface area contributed by atoms with Crippen molar-refractivity contribution in [3.05, 3.63) is 66.2 Å². The molecule has 1 aliphatic carbocycles. The highest BCUT2D eigenvalue weighted by Gasteiger charge is 2.29. The van der Waals surface area contributed by atoms with Crippen LogP contribution in [0.3, 0.4) is 0 Å². The van der Waals surface area contributed by atoms with Crippen LogP contribution in [0.5, 0.6) is 0 Å². The molecule has 11 nitrogen and oxygen atoms in total. The largest absolute Gasteiger partial charge is 0.400 e. The summed E-state index contributed by atoms with van der Waals surface area (Å²) < 4.78 is 25.0. The van der Waals surface area contributed by atoms with E-state index in [4.69, 9.17) is 5.73 Å². The average molecular weight is 520 g/mol. The molecule has 37 heavy (non-hydrogen) atoms. The first-order valence-electron chi connectivity index (χ1n) is 11.5. The van der Waals surface area contributed by atoms with E-state index in [0.29, 0.717) is 34.8 Å². The number of anilines is 4. The average Bonchev–Trinajstić information content (AvgIpc) is 3.70. The van der Waals surface area contributed by atoms with Gasteiger partial charge < -0.3 is 21.7 Å². The molecule has 2 aromatic heterocycles. The first kappa shape index (κ1) is 24.3. The molecule has 2 aliphatic rings. The van der Waals surface area contributed by atoms with E-state index in [1.165, 1.54) is 12.3 Å². The third kappa shape index (κ3) is 5.70. The minimum Gasteiger partial charge on any atom is -0.400 e. The van der Waals surface area contributed by atoms with Gasteiger partial charge in [0.15, 0.2) is 0 Å². The third-order valence-corrected chi connectivity index (χ3v) is 6.48. The number of carbonyl (C=O) groups excluding carboxylic acids is 2. The van der Waals surface area contributed by atoms with Crippen molar-refractivity contribution in [1.29, 1.82) is 0 Å². The lowest BCUT2D eigenvalue weighted by Gasteiger charge is -2.23. The normalized spacial score (nSPS) is 14.8. The van der Waals surface area contributed by atoms with E-state index in [9.17, 15) is 18.0 Å². The second-order valence-electron chi connectivity index (χ2n) is 9.00. The summed E-state index contributed by atoms with van der Waals surface area (Å²) in [6, 6.07) is 10.5. The number of nitrogens with one attached hydrogen (secondary N) is 4. The molecule has 0 unspecified atom stereocenters. The molecule has 3 heterocycles.